The minimum absolute atomic E-state index is 0.632. The van der Waals surface area contributed by atoms with Gasteiger partial charge >= 0.3 is 0 Å². The molecule has 3 rings (SSSR count). The van der Waals surface area contributed by atoms with Gasteiger partial charge in [0.2, 0.25) is 5.95 Å². The number of hydrogen-bond acceptors (Lipinski definition) is 6. The molecular formula is C15H20N6. The van der Waals surface area contributed by atoms with Gasteiger partial charge in [0, 0.05) is 38.6 Å². The zero-order valence-electron chi connectivity index (χ0n) is 12.2. The minimum Gasteiger partial charge on any atom is -0.354 e. The molecule has 1 aliphatic rings. The molecule has 0 atom stereocenters. The Morgan fingerprint density at radius 2 is 1.90 bits per heavy atom. The van der Waals surface area contributed by atoms with Gasteiger partial charge in [-0.05, 0) is 25.2 Å². The van der Waals surface area contributed by atoms with Crippen LogP contribution in [0.25, 0.3) is 0 Å². The summed E-state index contributed by atoms with van der Waals surface area (Å²) in [5.41, 5.74) is 0.978. The van der Waals surface area contributed by atoms with E-state index in [2.05, 4.69) is 37.1 Å². The highest BCUT2D eigenvalue weighted by molar-refractivity contribution is 5.43. The molecule has 6 heteroatoms. The van der Waals surface area contributed by atoms with Crippen molar-refractivity contribution in [2.75, 3.05) is 43.4 Å². The maximum atomic E-state index is 4.59. The monoisotopic (exact) mass is 284 g/mol. The molecule has 0 spiro atoms. The predicted molar refractivity (Wildman–Crippen MR) is 83.3 cm³/mol. The van der Waals surface area contributed by atoms with Crippen molar-refractivity contribution in [1.82, 2.24) is 19.9 Å². The number of anilines is 2. The molecule has 0 aromatic carbocycles. The Morgan fingerprint density at radius 3 is 2.67 bits per heavy atom. The maximum absolute atomic E-state index is 4.59. The fraction of sp³-hybridized carbons (Fsp3) is 0.400. The first-order valence-corrected chi connectivity index (χ1v) is 7.21. The van der Waals surface area contributed by atoms with Gasteiger partial charge in [-0.25, -0.2) is 4.98 Å². The second kappa shape index (κ2) is 6.49. The summed E-state index contributed by atoms with van der Waals surface area (Å²) in [6.45, 7) is 4.79. The van der Waals surface area contributed by atoms with Gasteiger partial charge in [-0.2, -0.15) is 4.98 Å². The molecule has 3 heterocycles. The molecule has 1 aliphatic heterocycles. The van der Waals surface area contributed by atoms with E-state index in [4.69, 9.17) is 0 Å². The smallest absolute Gasteiger partial charge is 0.224 e. The van der Waals surface area contributed by atoms with Crippen molar-refractivity contribution in [3.63, 3.8) is 0 Å². The lowest BCUT2D eigenvalue weighted by atomic mass is 10.3. The van der Waals surface area contributed by atoms with Crippen LogP contribution in [0.5, 0.6) is 0 Å². The van der Waals surface area contributed by atoms with Gasteiger partial charge in [0.1, 0.15) is 5.82 Å². The quantitative estimate of drug-likeness (QED) is 0.911. The van der Waals surface area contributed by atoms with Crippen LogP contribution in [-0.4, -0.2) is 53.1 Å². The van der Waals surface area contributed by atoms with E-state index in [9.17, 15) is 0 Å². The summed E-state index contributed by atoms with van der Waals surface area (Å²) in [4.78, 5) is 17.8. The van der Waals surface area contributed by atoms with Crippen molar-refractivity contribution in [1.29, 1.82) is 0 Å². The molecule has 1 N–H and O–H groups in total. The normalized spacial score (nSPS) is 16.0. The first-order chi connectivity index (χ1) is 10.3. The fourth-order valence-corrected chi connectivity index (χ4v) is 2.32. The third-order valence-corrected chi connectivity index (χ3v) is 3.62. The lowest BCUT2D eigenvalue weighted by Crippen LogP contribution is -2.44. The van der Waals surface area contributed by atoms with Crippen molar-refractivity contribution in [3.05, 3.63) is 42.4 Å². The first-order valence-electron chi connectivity index (χ1n) is 7.21. The number of rotatable bonds is 4. The Hall–Kier alpha value is -2.21. The molecule has 1 saturated heterocycles. The average molecular weight is 284 g/mol. The molecule has 0 bridgehead atoms. The minimum atomic E-state index is 0.632. The van der Waals surface area contributed by atoms with Crippen molar-refractivity contribution < 1.29 is 0 Å². The highest BCUT2D eigenvalue weighted by Gasteiger charge is 2.15. The number of hydrogen-bond donors (Lipinski definition) is 1. The van der Waals surface area contributed by atoms with Crippen molar-refractivity contribution in [2.45, 2.75) is 6.54 Å². The van der Waals surface area contributed by atoms with Gasteiger partial charge in [-0.3, -0.25) is 4.98 Å². The van der Waals surface area contributed by atoms with Crippen LogP contribution in [0.2, 0.25) is 0 Å². The molecule has 6 nitrogen and oxygen atoms in total. The van der Waals surface area contributed by atoms with Gasteiger partial charge in [0.15, 0.2) is 0 Å². The Labute approximate surface area is 124 Å². The number of pyridine rings is 1. The summed E-state index contributed by atoms with van der Waals surface area (Å²) in [5.74, 6) is 1.64. The van der Waals surface area contributed by atoms with Gasteiger partial charge in [0.05, 0.1) is 12.2 Å². The molecule has 1 fully saturated rings. The van der Waals surface area contributed by atoms with E-state index >= 15 is 0 Å². The molecule has 0 saturated carbocycles. The van der Waals surface area contributed by atoms with Gasteiger partial charge in [-0.15, -0.1) is 0 Å². The van der Waals surface area contributed by atoms with Crippen molar-refractivity contribution >= 4 is 11.8 Å². The van der Waals surface area contributed by atoms with E-state index in [1.165, 1.54) is 0 Å². The van der Waals surface area contributed by atoms with Gasteiger partial charge < -0.3 is 15.1 Å². The zero-order valence-corrected chi connectivity index (χ0v) is 12.2. The first kappa shape index (κ1) is 13.8. The van der Waals surface area contributed by atoms with E-state index in [1.807, 2.05) is 24.3 Å². The topological polar surface area (TPSA) is 57.2 Å². The van der Waals surface area contributed by atoms with Crippen LogP contribution in [0, 0.1) is 0 Å². The second-order valence-electron chi connectivity index (χ2n) is 5.20. The Morgan fingerprint density at radius 1 is 1.05 bits per heavy atom. The largest absolute Gasteiger partial charge is 0.354 e. The summed E-state index contributed by atoms with van der Waals surface area (Å²) >= 11 is 0. The summed E-state index contributed by atoms with van der Waals surface area (Å²) in [6, 6.07) is 7.84. The fourth-order valence-electron chi connectivity index (χ4n) is 2.32. The van der Waals surface area contributed by atoms with Crippen LogP contribution < -0.4 is 10.2 Å². The highest BCUT2D eigenvalue weighted by Crippen LogP contribution is 2.14. The summed E-state index contributed by atoms with van der Waals surface area (Å²) in [5, 5.41) is 3.23. The molecule has 21 heavy (non-hydrogen) atoms. The second-order valence-corrected chi connectivity index (χ2v) is 5.20. The molecular weight excluding hydrogens is 264 g/mol. The number of aromatic nitrogens is 3. The third-order valence-electron chi connectivity index (χ3n) is 3.62. The molecule has 0 unspecified atom stereocenters. The van der Waals surface area contributed by atoms with Crippen LogP contribution in [0.1, 0.15) is 5.69 Å². The van der Waals surface area contributed by atoms with E-state index < -0.39 is 0 Å². The Kier molecular flexibility index (Phi) is 4.25. The van der Waals surface area contributed by atoms with E-state index in [0.717, 1.165) is 37.7 Å². The van der Waals surface area contributed by atoms with Crippen molar-refractivity contribution in [2.24, 2.45) is 0 Å². The number of nitrogens with zero attached hydrogens (tertiary/aromatic N) is 5. The lowest BCUT2D eigenvalue weighted by molar-refractivity contribution is 0.312. The lowest BCUT2D eigenvalue weighted by Gasteiger charge is -2.33. The van der Waals surface area contributed by atoms with Crippen LogP contribution in [0.3, 0.4) is 0 Å². The summed E-state index contributed by atoms with van der Waals surface area (Å²) in [6.07, 6.45) is 3.60. The van der Waals surface area contributed by atoms with Crippen LogP contribution in [-0.2, 0) is 6.54 Å². The highest BCUT2D eigenvalue weighted by atomic mass is 15.3. The SMILES string of the molecule is CN1CCN(c2ccnc(NCc3ccccn3)n2)CC1. The van der Waals surface area contributed by atoms with Crippen LogP contribution in [0.4, 0.5) is 11.8 Å². The molecule has 2 aromatic rings. The maximum Gasteiger partial charge on any atom is 0.224 e. The third kappa shape index (κ3) is 3.66. The molecule has 110 valence electrons. The molecule has 0 amide bonds. The van der Waals surface area contributed by atoms with E-state index in [0.29, 0.717) is 12.5 Å². The van der Waals surface area contributed by atoms with Crippen molar-refractivity contribution in [3.8, 4) is 0 Å². The zero-order chi connectivity index (χ0) is 14.5. The average Bonchev–Trinajstić information content (AvgIpc) is 2.55. The predicted octanol–water partition coefficient (Wildman–Crippen LogP) is 1.24. The van der Waals surface area contributed by atoms with Gasteiger partial charge in [0.25, 0.3) is 0 Å². The van der Waals surface area contributed by atoms with Gasteiger partial charge in [-0.1, -0.05) is 6.07 Å². The Bertz CT molecular complexity index is 565. The summed E-state index contributed by atoms with van der Waals surface area (Å²) in [7, 11) is 2.15. The molecule has 2 aromatic heterocycles. The number of piperazine rings is 1. The van der Waals surface area contributed by atoms with E-state index in [1.54, 1.807) is 12.4 Å². The van der Waals surface area contributed by atoms with Crippen LogP contribution in [0.15, 0.2) is 36.7 Å². The molecule has 0 radical (unpaired) electrons. The summed E-state index contributed by atoms with van der Waals surface area (Å²) < 4.78 is 0. The Balaban J connectivity index is 1.63. The molecule has 0 aliphatic carbocycles. The standard InChI is InChI=1S/C15H20N6/c1-20-8-10-21(11-9-20)14-5-7-17-15(19-14)18-12-13-4-2-3-6-16-13/h2-7H,8-12H2,1H3,(H,17,18,19). The number of likely N-dealkylation sites (N-methyl/N-ethyl adjacent to an activating group) is 1. The number of nitrogens with one attached hydrogen (secondary N) is 1. The van der Waals surface area contributed by atoms with Crippen LogP contribution >= 0.6 is 0 Å². The van der Waals surface area contributed by atoms with E-state index in [-0.39, 0.29) is 0 Å².